The lowest BCUT2D eigenvalue weighted by Crippen LogP contribution is -2.41. The van der Waals surface area contributed by atoms with Gasteiger partial charge in [0.25, 0.3) is 5.91 Å². The van der Waals surface area contributed by atoms with E-state index >= 15 is 0 Å². The van der Waals surface area contributed by atoms with Crippen LogP contribution in [0.4, 0.5) is 10.2 Å². The molecule has 1 aliphatic heterocycles. The van der Waals surface area contributed by atoms with Crippen molar-refractivity contribution in [2.45, 2.75) is 44.9 Å². The predicted octanol–water partition coefficient (Wildman–Crippen LogP) is 4.67. The fourth-order valence-corrected chi connectivity index (χ4v) is 4.50. The number of nitrogens with zero attached hydrogens (tertiary/aromatic N) is 2. The molecule has 4 rings (SSSR count). The van der Waals surface area contributed by atoms with Crippen LogP contribution in [0.25, 0.3) is 0 Å². The minimum absolute atomic E-state index is 0.0971. The van der Waals surface area contributed by atoms with Gasteiger partial charge >= 0.3 is 0 Å². The van der Waals surface area contributed by atoms with Gasteiger partial charge in [0.2, 0.25) is 5.91 Å². The predicted molar refractivity (Wildman–Crippen MR) is 120 cm³/mol. The number of halogens is 1. The number of amides is 2. The van der Waals surface area contributed by atoms with E-state index in [0.717, 1.165) is 0 Å². The minimum atomic E-state index is -0.367. The van der Waals surface area contributed by atoms with E-state index in [1.165, 1.54) is 56.4 Å². The average Bonchev–Trinajstić information content (AvgIpc) is 2.84. The molecule has 0 unspecified atom stereocenters. The lowest BCUT2D eigenvalue weighted by Gasteiger charge is -2.31. The van der Waals surface area contributed by atoms with Crippen molar-refractivity contribution in [1.29, 1.82) is 0 Å². The zero-order chi connectivity index (χ0) is 22.3. The maximum absolute atomic E-state index is 13.1. The molecule has 7 heteroatoms. The number of hydrogen-bond donors (Lipinski definition) is 1. The largest absolute Gasteiger partial charge is 0.489 e. The van der Waals surface area contributed by atoms with Gasteiger partial charge in [0.05, 0.1) is 6.61 Å². The number of ether oxygens (including phenoxy) is 1. The first-order valence-electron chi connectivity index (χ1n) is 11.5. The van der Waals surface area contributed by atoms with Crippen molar-refractivity contribution < 1.29 is 18.7 Å². The van der Waals surface area contributed by atoms with Crippen LogP contribution in [0.2, 0.25) is 0 Å². The van der Waals surface area contributed by atoms with Crippen LogP contribution < -0.4 is 10.1 Å². The molecule has 6 nitrogen and oxygen atoms in total. The molecule has 1 N–H and O–H groups in total. The summed E-state index contributed by atoms with van der Waals surface area (Å²) in [5.74, 6) is 0.838. The number of pyridine rings is 1. The van der Waals surface area contributed by atoms with Gasteiger partial charge in [-0.1, -0.05) is 19.3 Å². The van der Waals surface area contributed by atoms with E-state index in [0.29, 0.717) is 55.6 Å². The Bertz CT molecular complexity index is 920. The first kappa shape index (κ1) is 22.2. The van der Waals surface area contributed by atoms with Gasteiger partial charge < -0.3 is 15.0 Å². The van der Waals surface area contributed by atoms with Crippen LogP contribution in [0, 0.1) is 17.7 Å². The quantitative estimate of drug-likeness (QED) is 0.710. The van der Waals surface area contributed by atoms with Crippen molar-refractivity contribution in [3.63, 3.8) is 0 Å². The Morgan fingerprint density at radius 3 is 2.47 bits per heavy atom. The molecule has 0 bridgehead atoms. The molecule has 2 fully saturated rings. The van der Waals surface area contributed by atoms with Gasteiger partial charge in [-0.15, -0.1) is 0 Å². The summed E-state index contributed by atoms with van der Waals surface area (Å²) in [6.45, 7) is 1.63. The maximum atomic E-state index is 13.1. The zero-order valence-corrected chi connectivity index (χ0v) is 18.3. The first-order valence-corrected chi connectivity index (χ1v) is 11.5. The van der Waals surface area contributed by atoms with E-state index in [9.17, 15) is 14.0 Å². The number of benzene rings is 1. The molecule has 2 aliphatic rings. The Morgan fingerprint density at radius 1 is 1.03 bits per heavy atom. The standard InChI is InChI=1S/C25H30FN3O3/c26-21-10-8-20(9-11-21)25(31)29-15-12-19(13-16-29)24(30)28-23-22(7-4-14-27-23)32-17-18-5-2-1-3-6-18/h4,7-11,14,18-19H,1-3,5-6,12-13,15-17H2,(H,27,28,30). The summed E-state index contributed by atoms with van der Waals surface area (Å²) in [6.07, 6.45) is 8.99. The third kappa shape index (κ3) is 5.64. The van der Waals surface area contributed by atoms with Crippen molar-refractivity contribution in [3.8, 4) is 5.75 Å². The molecule has 1 saturated heterocycles. The van der Waals surface area contributed by atoms with E-state index < -0.39 is 0 Å². The van der Waals surface area contributed by atoms with Gasteiger partial charge in [0.1, 0.15) is 5.82 Å². The Hall–Kier alpha value is -2.96. The SMILES string of the molecule is O=C(Nc1ncccc1OCC1CCCCC1)C1CCN(C(=O)c2ccc(F)cc2)CC1. The number of anilines is 1. The number of aromatic nitrogens is 1. The highest BCUT2D eigenvalue weighted by Crippen LogP contribution is 2.28. The number of nitrogens with one attached hydrogen (secondary N) is 1. The monoisotopic (exact) mass is 439 g/mol. The molecule has 0 spiro atoms. The minimum Gasteiger partial charge on any atom is -0.489 e. The van der Waals surface area contributed by atoms with Crippen LogP contribution in [0.1, 0.15) is 55.3 Å². The van der Waals surface area contributed by atoms with Crippen molar-refractivity contribution in [1.82, 2.24) is 9.88 Å². The second-order valence-electron chi connectivity index (χ2n) is 8.73. The summed E-state index contributed by atoms with van der Waals surface area (Å²) in [6, 6.07) is 9.21. The third-order valence-electron chi connectivity index (χ3n) is 6.46. The topological polar surface area (TPSA) is 71.5 Å². The van der Waals surface area contributed by atoms with Crippen molar-refractivity contribution in [2.24, 2.45) is 11.8 Å². The second-order valence-corrected chi connectivity index (χ2v) is 8.73. The molecule has 0 atom stereocenters. The third-order valence-corrected chi connectivity index (χ3v) is 6.46. The summed E-state index contributed by atoms with van der Waals surface area (Å²) in [7, 11) is 0. The van der Waals surface area contributed by atoms with Gasteiger partial charge in [0, 0.05) is 30.8 Å². The van der Waals surface area contributed by atoms with Crippen molar-refractivity contribution >= 4 is 17.6 Å². The van der Waals surface area contributed by atoms with Gasteiger partial charge in [-0.25, -0.2) is 9.37 Å². The van der Waals surface area contributed by atoms with Gasteiger partial charge in [0.15, 0.2) is 11.6 Å². The normalized spacial score (nSPS) is 17.7. The Labute approximate surface area is 188 Å². The highest BCUT2D eigenvalue weighted by Gasteiger charge is 2.28. The second kappa shape index (κ2) is 10.6. The molecule has 0 radical (unpaired) electrons. The lowest BCUT2D eigenvalue weighted by molar-refractivity contribution is -0.121. The lowest BCUT2D eigenvalue weighted by atomic mass is 9.90. The zero-order valence-electron chi connectivity index (χ0n) is 18.3. The van der Waals surface area contributed by atoms with Crippen LogP contribution in [0.3, 0.4) is 0 Å². The molecule has 2 amide bonds. The molecule has 32 heavy (non-hydrogen) atoms. The number of hydrogen-bond acceptors (Lipinski definition) is 4. The van der Waals surface area contributed by atoms with Crippen molar-refractivity contribution in [2.75, 3.05) is 25.0 Å². The maximum Gasteiger partial charge on any atom is 0.253 e. The number of likely N-dealkylation sites (tertiary alicyclic amines) is 1. The summed E-state index contributed by atoms with van der Waals surface area (Å²) in [4.78, 5) is 31.5. The highest BCUT2D eigenvalue weighted by molar-refractivity contribution is 5.95. The fourth-order valence-electron chi connectivity index (χ4n) is 4.50. The average molecular weight is 440 g/mol. The molecule has 2 aromatic rings. The van der Waals surface area contributed by atoms with E-state index in [2.05, 4.69) is 10.3 Å². The first-order chi connectivity index (χ1) is 15.6. The van der Waals surface area contributed by atoms with Crippen LogP contribution in [-0.4, -0.2) is 41.4 Å². The molecular formula is C25H30FN3O3. The van der Waals surface area contributed by atoms with Crippen molar-refractivity contribution in [3.05, 3.63) is 54.0 Å². The molecule has 1 aromatic carbocycles. The Morgan fingerprint density at radius 2 is 1.75 bits per heavy atom. The summed E-state index contributed by atoms with van der Waals surface area (Å²) >= 11 is 0. The molecule has 1 saturated carbocycles. The fraction of sp³-hybridized carbons (Fsp3) is 0.480. The van der Waals surface area contributed by atoms with E-state index in [1.807, 2.05) is 12.1 Å². The highest BCUT2D eigenvalue weighted by atomic mass is 19.1. The van der Waals surface area contributed by atoms with Gasteiger partial charge in [-0.2, -0.15) is 0 Å². The number of piperidine rings is 1. The molecular weight excluding hydrogens is 409 g/mol. The van der Waals surface area contributed by atoms with Crippen LogP contribution >= 0.6 is 0 Å². The summed E-state index contributed by atoms with van der Waals surface area (Å²) < 4.78 is 19.1. The summed E-state index contributed by atoms with van der Waals surface area (Å²) in [5.41, 5.74) is 0.461. The van der Waals surface area contributed by atoms with Crippen LogP contribution in [0.5, 0.6) is 5.75 Å². The van der Waals surface area contributed by atoms with E-state index in [-0.39, 0.29) is 23.5 Å². The molecule has 170 valence electrons. The van der Waals surface area contributed by atoms with E-state index in [1.54, 1.807) is 11.1 Å². The molecule has 1 aromatic heterocycles. The van der Waals surface area contributed by atoms with Crippen LogP contribution in [-0.2, 0) is 4.79 Å². The number of carbonyl (C=O) groups is 2. The van der Waals surface area contributed by atoms with Gasteiger partial charge in [-0.3, -0.25) is 9.59 Å². The molecule has 2 heterocycles. The summed E-state index contributed by atoms with van der Waals surface area (Å²) in [5, 5.41) is 2.93. The molecule has 1 aliphatic carbocycles. The van der Waals surface area contributed by atoms with E-state index in [4.69, 9.17) is 4.74 Å². The number of rotatable bonds is 6. The van der Waals surface area contributed by atoms with Crippen LogP contribution in [0.15, 0.2) is 42.6 Å². The number of carbonyl (C=O) groups excluding carboxylic acids is 2. The van der Waals surface area contributed by atoms with Gasteiger partial charge in [-0.05, 0) is 68.0 Å². The Kier molecular flexibility index (Phi) is 7.35. The smallest absolute Gasteiger partial charge is 0.253 e. The Balaban J connectivity index is 1.29.